The van der Waals surface area contributed by atoms with Crippen LogP contribution in [0.2, 0.25) is 0 Å². The summed E-state index contributed by atoms with van der Waals surface area (Å²) in [5.74, 6) is 1.17. The minimum Gasteiger partial charge on any atom is -0.457 e. The van der Waals surface area contributed by atoms with Crippen molar-refractivity contribution in [2.75, 3.05) is 0 Å². The molecule has 2 heterocycles. The Balaban J connectivity index is 1.68. The highest BCUT2D eigenvalue weighted by Crippen LogP contribution is 2.32. The Morgan fingerprint density at radius 1 is 1.08 bits per heavy atom. The molecule has 0 amide bonds. The van der Waals surface area contributed by atoms with Gasteiger partial charge in [0.15, 0.2) is 0 Å². The topological polar surface area (TPSA) is 83.1 Å². The van der Waals surface area contributed by atoms with E-state index in [4.69, 9.17) is 4.74 Å². The number of fused-ring (bicyclic) bond motifs is 1. The van der Waals surface area contributed by atoms with Crippen molar-refractivity contribution in [2.24, 2.45) is 7.05 Å². The molecule has 7 heteroatoms. The van der Waals surface area contributed by atoms with Gasteiger partial charge in [0.1, 0.15) is 11.5 Å². The molecule has 2 aromatic carbocycles. The van der Waals surface area contributed by atoms with Crippen molar-refractivity contribution in [1.29, 1.82) is 0 Å². The summed E-state index contributed by atoms with van der Waals surface area (Å²) >= 11 is 0. The molecule has 26 heavy (non-hydrogen) atoms. The first-order chi connectivity index (χ1) is 12.6. The second-order valence-electron chi connectivity index (χ2n) is 5.80. The van der Waals surface area contributed by atoms with Crippen molar-refractivity contribution in [2.45, 2.75) is 0 Å². The Kier molecular flexibility index (Phi) is 3.81. The molecule has 0 spiro atoms. The van der Waals surface area contributed by atoms with Crippen LogP contribution in [0.25, 0.3) is 22.0 Å². The molecule has 0 N–H and O–H groups in total. The fourth-order valence-corrected chi connectivity index (χ4v) is 2.72. The summed E-state index contributed by atoms with van der Waals surface area (Å²) in [6, 6.07) is 13.7. The van der Waals surface area contributed by atoms with Crippen LogP contribution in [-0.4, -0.2) is 19.7 Å². The maximum Gasteiger partial charge on any atom is 0.269 e. The maximum atomic E-state index is 10.7. The molecule has 0 saturated carbocycles. The van der Waals surface area contributed by atoms with E-state index in [2.05, 4.69) is 10.1 Å². The quantitative estimate of drug-likeness (QED) is 0.405. The second-order valence-corrected chi connectivity index (χ2v) is 5.80. The molecule has 0 aliphatic rings. The van der Waals surface area contributed by atoms with Gasteiger partial charge >= 0.3 is 0 Å². The number of pyridine rings is 1. The first-order valence-electron chi connectivity index (χ1n) is 7.90. The molecular weight excluding hydrogens is 332 g/mol. The Morgan fingerprint density at radius 3 is 2.58 bits per heavy atom. The van der Waals surface area contributed by atoms with Gasteiger partial charge in [-0.2, -0.15) is 5.10 Å². The summed E-state index contributed by atoms with van der Waals surface area (Å²) in [6.45, 7) is 0. The first-order valence-corrected chi connectivity index (χ1v) is 7.90. The number of nitro benzene ring substituents is 1. The Morgan fingerprint density at radius 2 is 1.88 bits per heavy atom. The third-order valence-electron chi connectivity index (χ3n) is 4.02. The number of hydrogen-bond donors (Lipinski definition) is 0. The van der Waals surface area contributed by atoms with Gasteiger partial charge in [-0.25, -0.2) is 0 Å². The van der Waals surface area contributed by atoms with Crippen LogP contribution in [0.1, 0.15) is 0 Å². The lowest BCUT2D eigenvalue weighted by Gasteiger charge is -2.09. The zero-order valence-corrected chi connectivity index (χ0v) is 13.9. The van der Waals surface area contributed by atoms with Crippen LogP contribution < -0.4 is 4.74 Å². The van der Waals surface area contributed by atoms with Gasteiger partial charge in [-0.1, -0.05) is 6.07 Å². The molecule has 4 aromatic rings. The molecule has 0 saturated heterocycles. The van der Waals surface area contributed by atoms with Crippen LogP contribution in [0.4, 0.5) is 5.69 Å². The summed E-state index contributed by atoms with van der Waals surface area (Å²) < 4.78 is 7.65. The van der Waals surface area contributed by atoms with Gasteiger partial charge in [-0.05, 0) is 35.9 Å². The Bertz CT molecular complexity index is 1100. The number of aromatic nitrogens is 3. The normalized spacial score (nSPS) is 10.8. The number of non-ortho nitro benzene ring substituents is 1. The highest BCUT2D eigenvalue weighted by Gasteiger charge is 2.09. The lowest BCUT2D eigenvalue weighted by Crippen LogP contribution is -1.90. The van der Waals surface area contributed by atoms with Crippen LogP contribution in [-0.2, 0) is 7.05 Å². The number of ether oxygens (including phenoxy) is 1. The predicted octanol–water partition coefficient (Wildman–Crippen LogP) is 4.34. The van der Waals surface area contributed by atoms with Crippen LogP contribution in [0.3, 0.4) is 0 Å². The molecule has 0 unspecified atom stereocenters. The molecule has 0 atom stereocenters. The molecule has 0 fully saturated rings. The van der Waals surface area contributed by atoms with E-state index in [1.807, 2.05) is 31.4 Å². The van der Waals surface area contributed by atoms with E-state index in [0.29, 0.717) is 11.5 Å². The van der Waals surface area contributed by atoms with Crippen molar-refractivity contribution in [3.05, 3.63) is 77.2 Å². The average Bonchev–Trinajstić information content (AvgIpc) is 3.08. The summed E-state index contributed by atoms with van der Waals surface area (Å²) in [7, 11) is 1.87. The summed E-state index contributed by atoms with van der Waals surface area (Å²) in [5, 5.41) is 15.8. The van der Waals surface area contributed by atoms with E-state index in [1.54, 1.807) is 35.3 Å². The molecule has 0 radical (unpaired) electrons. The maximum absolute atomic E-state index is 10.7. The van der Waals surface area contributed by atoms with Gasteiger partial charge in [0.25, 0.3) is 5.69 Å². The number of hydrogen-bond acceptors (Lipinski definition) is 5. The first kappa shape index (κ1) is 15.8. The summed E-state index contributed by atoms with van der Waals surface area (Å²) in [6.07, 6.45) is 5.42. The van der Waals surface area contributed by atoms with Crippen molar-refractivity contribution in [3.8, 4) is 22.6 Å². The molecule has 4 rings (SSSR count). The van der Waals surface area contributed by atoms with Crippen LogP contribution >= 0.6 is 0 Å². The molecule has 128 valence electrons. The number of nitro groups is 1. The van der Waals surface area contributed by atoms with Crippen LogP contribution in [0, 0.1) is 10.1 Å². The van der Waals surface area contributed by atoms with E-state index in [0.717, 1.165) is 22.0 Å². The zero-order chi connectivity index (χ0) is 18.1. The lowest BCUT2D eigenvalue weighted by molar-refractivity contribution is -0.384. The Hall–Kier alpha value is -3.74. The highest BCUT2D eigenvalue weighted by atomic mass is 16.6. The predicted molar refractivity (Wildman–Crippen MR) is 97.1 cm³/mol. The third-order valence-corrected chi connectivity index (χ3v) is 4.02. The van der Waals surface area contributed by atoms with E-state index in [9.17, 15) is 10.1 Å². The van der Waals surface area contributed by atoms with Gasteiger partial charge in [-0.15, -0.1) is 0 Å². The number of benzene rings is 2. The summed E-state index contributed by atoms with van der Waals surface area (Å²) in [4.78, 5) is 14.7. The highest BCUT2D eigenvalue weighted by molar-refractivity contribution is 5.88. The minimum absolute atomic E-state index is 0.0260. The van der Waals surface area contributed by atoms with E-state index in [-0.39, 0.29) is 5.69 Å². The van der Waals surface area contributed by atoms with Crippen molar-refractivity contribution >= 4 is 16.6 Å². The molecule has 7 nitrogen and oxygen atoms in total. The summed E-state index contributed by atoms with van der Waals surface area (Å²) in [5.41, 5.74) is 2.85. The van der Waals surface area contributed by atoms with Gasteiger partial charge in [-0.3, -0.25) is 19.8 Å². The van der Waals surface area contributed by atoms with E-state index in [1.165, 1.54) is 12.1 Å². The van der Waals surface area contributed by atoms with Crippen molar-refractivity contribution < 1.29 is 9.66 Å². The van der Waals surface area contributed by atoms with E-state index < -0.39 is 4.92 Å². The molecule has 2 aromatic heterocycles. The third kappa shape index (κ3) is 2.98. The lowest BCUT2D eigenvalue weighted by atomic mass is 10.1. The van der Waals surface area contributed by atoms with Gasteiger partial charge < -0.3 is 4.74 Å². The Labute approximate surface area is 148 Å². The fourth-order valence-electron chi connectivity index (χ4n) is 2.72. The molecule has 0 bridgehead atoms. The van der Waals surface area contributed by atoms with Crippen LogP contribution in [0.5, 0.6) is 11.5 Å². The van der Waals surface area contributed by atoms with Crippen molar-refractivity contribution in [3.63, 3.8) is 0 Å². The molecule has 0 aliphatic carbocycles. The van der Waals surface area contributed by atoms with Crippen LogP contribution in [0.15, 0.2) is 67.1 Å². The smallest absolute Gasteiger partial charge is 0.269 e. The standard InChI is InChI=1S/C19H14N4O3/c1-22-12-14(11-21-22)13-2-7-17-18(10-13)20-9-8-19(17)26-16-5-3-15(4-6-16)23(24)25/h2-12H,1H3. The molecule has 0 aliphatic heterocycles. The molecular formula is C19H14N4O3. The van der Waals surface area contributed by atoms with E-state index >= 15 is 0 Å². The largest absolute Gasteiger partial charge is 0.457 e. The average molecular weight is 346 g/mol. The minimum atomic E-state index is -0.439. The second kappa shape index (κ2) is 6.29. The monoisotopic (exact) mass is 346 g/mol. The zero-order valence-electron chi connectivity index (χ0n) is 13.9. The van der Waals surface area contributed by atoms with Gasteiger partial charge in [0, 0.05) is 42.5 Å². The van der Waals surface area contributed by atoms with Gasteiger partial charge in [0.2, 0.25) is 0 Å². The number of rotatable bonds is 4. The number of aryl methyl sites for hydroxylation is 1. The van der Waals surface area contributed by atoms with Gasteiger partial charge in [0.05, 0.1) is 16.6 Å². The number of nitrogens with zero attached hydrogens (tertiary/aromatic N) is 4. The van der Waals surface area contributed by atoms with Crippen molar-refractivity contribution in [1.82, 2.24) is 14.8 Å². The fraction of sp³-hybridized carbons (Fsp3) is 0.0526. The SMILES string of the molecule is Cn1cc(-c2ccc3c(Oc4ccc([N+](=O)[O-])cc4)ccnc3c2)cn1.